The average Bonchev–Trinajstić information content (AvgIpc) is 3.31. The molecule has 2 N–H and O–H groups in total. The largest absolute Gasteiger partial charge is 0.457 e. The zero-order valence-electron chi connectivity index (χ0n) is 18.3. The summed E-state index contributed by atoms with van der Waals surface area (Å²) < 4.78 is 5.86. The van der Waals surface area contributed by atoms with Crippen LogP contribution in [0, 0.1) is 6.92 Å². The van der Waals surface area contributed by atoms with E-state index >= 15 is 0 Å². The summed E-state index contributed by atoms with van der Waals surface area (Å²) in [5.74, 6) is 0.00166. The number of carbonyl (C=O) groups excluding carboxylic acids is 2. The van der Waals surface area contributed by atoms with Crippen molar-refractivity contribution in [2.75, 3.05) is 0 Å². The summed E-state index contributed by atoms with van der Waals surface area (Å²) in [6, 6.07) is 17.7. The molecule has 4 rings (SSSR count). The Bertz CT molecular complexity index is 1350. The van der Waals surface area contributed by atoms with Crippen LogP contribution in [0.25, 0.3) is 17.4 Å². The van der Waals surface area contributed by atoms with Crippen molar-refractivity contribution in [2.24, 2.45) is 0 Å². The highest BCUT2D eigenvalue weighted by Gasteiger charge is 2.17. The number of hydrogen-bond donors (Lipinski definition) is 2. The van der Waals surface area contributed by atoms with Gasteiger partial charge in [0.15, 0.2) is 0 Å². The highest BCUT2D eigenvalue weighted by atomic mass is 35.5. The summed E-state index contributed by atoms with van der Waals surface area (Å²) in [5, 5.41) is 5.84. The molecule has 0 spiro atoms. The van der Waals surface area contributed by atoms with Gasteiger partial charge in [-0.1, -0.05) is 29.8 Å². The summed E-state index contributed by atoms with van der Waals surface area (Å²) in [6.45, 7) is 2.10. The second-order valence-corrected chi connectivity index (χ2v) is 7.77. The van der Waals surface area contributed by atoms with E-state index in [0.717, 1.165) is 11.1 Å². The number of carbonyl (C=O) groups is 2. The molecule has 170 valence electrons. The van der Waals surface area contributed by atoms with Crippen LogP contribution in [-0.2, 0) is 11.3 Å². The van der Waals surface area contributed by atoms with E-state index in [4.69, 9.17) is 16.0 Å². The van der Waals surface area contributed by atoms with Crippen LogP contribution >= 0.6 is 11.6 Å². The topological polar surface area (TPSA) is 97.1 Å². The molecule has 4 aromatic rings. The number of nitrogens with zero attached hydrogens (tertiary/aromatic N) is 2. The molecule has 0 aliphatic rings. The van der Waals surface area contributed by atoms with Crippen LogP contribution in [0.4, 0.5) is 0 Å². The Kier molecular flexibility index (Phi) is 7.15. The van der Waals surface area contributed by atoms with Crippen molar-refractivity contribution in [1.29, 1.82) is 0 Å². The molecular formula is C26H21ClN4O3. The SMILES string of the molecule is Cc1ccccc1C(=O)NC(=Cc1ccc(-c2cccnc2Cl)o1)C(=O)NCc1ccncc1. The van der Waals surface area contributed by atoms with Crippen LogP contribution < -0.4 is 10.6 Å². The molecule has 1 aromatic carbocycles. The van der Waals surface area contributed by atoms with Crippen molar-refractivity contribution in [1.82, 2.24) is 20.6 Å². The molecule has 0 bridgehead atoms. The molecule has 0 aliphatic heterocycles. The number of nitrogens with one attached hydrogen (secondary N) is 2. The summed E-state index contributed by atoms with van der Waals surface area (Å²) in [7, 11) is 0. The highest BCUT2D eigenvalue weighted by Crippen LogP contribution is 2.28. The summed E-state index contributed by atoms with van der Waals surface area (Å²) in [4.78, 5) is 34.0. The molecule has 0 unspecified atom stereocenters. The van der Waals surface area contributed by atoms with Crippen molar-refractivity contribution in [2.45, 2.75) is 13.5 Å². The molecule has 34 heavy (non-hydrogen) atoms. The van der Waals surface area contributed by atoms with E-state index in [0.29, 0.717) is 27.8 Å². The predicted molar refractivity (Wildman–Crippen MR) is 130 cm³/mol. The second kappa shape index (κ2) is 10.6. The van der Waals surface area contributed by atoms with Crippen LogP contribution in [0.2, 0.25) is 5.15 Å². The smallest absolute Gasteiger partial charge is 0.268 e. The lowest BCUT2D eigenvalue weighted by molar-refractivity contribution is -0.117. The van der Waals surface area contributed by atoms with Crippen molar-refractivity contribution in [3.05, 3.63) is 113 Å². The number of rotatable bonds is 7. The predicted octanol–water partition coefficient (Wildman–Crippen LogP) is 4.79. The van der Waals surface area contributed by atoms with Crippen LogP contribution in [-0.4, -0.2) is 21.8 Å². The van der Waals surface area contributed by atoms with Gasteiger partial charge in [-0.3, -0.25) is 14.6 Å². The fourth-order valence-corrected chi connectivity index (χ4v) is 3.45. The third kappa shape index (κ3) is 5.57. The highest BCUT2D eigenvalue weighted by molar-refractivity contribution is 6.31. The van der Waals surface area contributed by atoms with Crippen LogP contribution in [0.15, 0.2) is 89.4 Å². The van der Waals surface area contributed by atoms with Gasteiger partial charge in [0.25, 0.3) is 11.8 Å². The van der Waals surface area contributed by atoms with Crippen LogP contribution in [0.1, 0.15) is 27.2 Å². The van der Waals surface area contributed by atoms with Gasteiger partial charge in [0, 0.05) is 36.8 Å². The molecule has 0 radical (unpaired) electrons. The van der Waals surface area contributed by atoms with Crippen LogP contribution in [0.5, 0.6) is 0 Å². The van der Waals surface area contributed by atoms with Gasteiger partial charge in [0.2, 0.25) is 0 Å². The minimum absolute atomic E-state index is 0.0421. The normalized spacial score (nSPS) is 11.2. The monoisotopic (exact) mass is 472 g/mol. The third-order valence-corrected chi connectivity index (χ3v) is 5.32. The van der Waals surface area contributed by atoms with Crippen molar-refractivity contribution in [3.8, 4) is 11.3 Å². The van der Waals surface area contributed by atoms with Gasteiger partial charge in [-0.25, -0.2) is 4.98 Å². The number of pyridine rings is 2. The first-order valence-electron chi connectivity index (χ1n) is 10.5. The van der Waals surface area contributed by atoms with Gasteiger partial charge in [0.1, 0.15) is 22.4 Å². The van der Waals surface area contributed by atoms with Gasteiger partial charge in [-0.05, 0) is 60.5 Å². The minimum Gasteiger partial charge on any atom is -0.457 e. The van der Waals surface area contributed by atoms with E-state index < -0.39 is 11.8 Å². The Hall–Kier alpha value is -4.23. The number of furan rings is 1. The second-order valence-electron chi connectivity index (χ2n) is 7.41. The first-order chi connectivity index (χ1) is 16.5. The number of aryl methyl sites for hydroxylation is 1. The Labute approximate surface area is 201 Å². The van der Waals surface area contributed by atoms with Crippen molar-refractivity contribution >= 4 is 29.5 Å². The Morgan fingerprint density at radius 2 is 1.79 bits per heavy atom. The zero-order chi connectivity index (χ0) is 23.9. The molecule has 7 nitrogen and oxygen atoms in total. The summed E-state index contributed by atoms with van der Waals surface area (Å²) >= 11 is 6.16. The fraction of sp³-hybridized carbons (Fsp3) is 0.0769. The van der Waals surface area contributed by atoms with E-state index in [2.05, 4.69) is 20.6 Å². The third-order valence-electron chi connectivity index (χ3n) is 5.02. The molecule has 3 aromatic heterocycles. The van der Waals surface area contributed by atoms with Crippen molar-refractivity contribution in [3.63, 3.8) is 0 Å². The van der Waals surface area contributed by atoms with E-state index in [1.165, 1.54) is 6.08 Å². The summed E-state index contributed by atoms with van der Waals surface area (Å²) in [6.07, 6.45) is 6.35. The van der Waals surface area contributed by atoms with Gasteiger partial charge in [-0.15, -0.1) is 0 Å². The number of hydrogen-bond acceptors (Lipinski definition) is 5. The fourth-order valence-electron chi connectivity index (χ4n) is 3.24. The molecular weight excluding hydrogens is 452 g/mol. The molecule has 0 fully saturated rings. The van der Waals surface area contributed by atoms with Gasteiger partial charge in [0.05, 0.1) is 5.56 Å². The molecule has 0 saturated heterocycles. The quantitative estimate of drug-likeness (QED) is 0.298. The van der Waals surface area contributed by atoms with Gasteiger partial charge in [-0.2, -0.15) is 0 Å². The number of aromatic nitrogens is 2. The van der Waals surface area contributed by atoms with E-state index in [1.807, 2.05) is 19.1 Å². The standard InChI is InChI=1S/C26H21ClN4O3/c1-17-5-2-3-6-20(17)25(32)31-22(26(33)30-16-18-10-13-28-14-11-18)15-19-8-9-23(34-19)21-7-4-12-29-24(21)27/h2-15H,16H2,1H3,(H,30,33)(H,31,32). The van der Waals surface area contributed by atoms with Gasteiger partial charge < -0.3 is 15.1 Å². The zero-order valence-corrected chi connectivity index (χ0v) is 19.0. The van der Waals surface area contributed by atoms with E-state index in [9.17, 15) is 9.59 Å². The number of halogens is 1. The van der Waals surface area contributed by atoms with E-state index in [1.54, 1.807) is 67.1 Å². The van der Waals surface area contributed by atoms with Crippen molar-refractivity contribution < 1.29 is 14.0 Å². The lowest BCUT2D eigenvalue weighted by Gasteiger charge is -2.12. The maximum Gasteiger partial charge on any atom is 0.268 e. The molecule has 8 heteroatoms. The first kappa shape index (κ1) is 22.9. The first-order valence-corrected chi connectivity index (χ1v) is 10.9. The number of benzene rings is 1. The molecule has 3 heterocycles. The summed E-state index contributed by atoms with van der Waals surface area (Å²) in [5.41, 5.74) is 2.80. The Balaban J connectivity index is 1.61. The Morgan fingerprint density at radius 1 is 1.00 bits per heavy atom. The Morgan fingerprint density at radius 3 is 2.56 bits per heavy atom. The maximum atomic E-state index is 13.0. The number of amides is 2. The lowest BCUT2D eigenvalue weighted by Crippen LogP contribution is -2.34. The molecule has 0 saturated carbocycles. The van der Waals surface area contributed by atoms with Gasteiger partial charge >= 0.3 is 0 Å². The van der Waals surface area contributed by atoms with E-state index in [-0.39, 0.29) is 12.2 Å². The molecule has 0 aliphatic carbocycles. The average molecular weight is 473 g/mol. The molecule has 0 atom stereocenters. The minimum atomic E-state index is -0.462. The maximum absolute atomic E-state index is 13.0. The lowest BCUT2D eigenvalue weighted by atomic mass is 10.1. The van der Waals surface area contributed by atoms with Crippen LogP contribution in [0.3, 0.4) is 0 Å². The molecule has 2 amide bonds.